The lowest BCUT2D eigenvalue weighted by Gasteiger charge is -1.98. The Labute approximate surface area is 59.9 Å². The van der Waals surface area contributed by atoms with Gasteiger partial charge in [0, 0.05) is 0 Å². The molecule has 0 saturated heterocycles. The lowest BCUT2D eigenvalue weighted by molar-refractivity contribution is -0.142. The monoisotopic (exact) mass is 139 g/mol. The molecule has 0 saturated carbocycles. The van der Waals surface area contributed by atoms with Crippen LogP contribution in [0, 0.1) is 17.2 Å². The van der Waals surface area contributed by atoms with Crippen LogP contribution in [0.15, 0.2) is 12.2 Å². The van der Waals surface area contributed by atoms with Gasteiger partial charge in [0.25, 0.3) is 0 Å². The van der Waals surface area contributed by atoms with E-state index in [1.54, 1.807) is 19.1 Å². The third kappa shape index (κ3) is 2.31. The second-order valence-corrected chi connectivity index (χ2v) is 1.66. The SMILES string of the molecule is CC=CC(C#N)C(=O)OC. The number of carbonyl (C=O) groups is 1. The highest BCUT2D eigenvalue weighted by molar-refractivity contribution is 5.77. The Hall–Kier alpha value is -1.30. The van der Waals surface area contributed by atoms with E-state index in [1.165, 1.54) is 13.2 Å². The van der Waals surface area contributed by atoms with Gasteiger partial charge in [0.05, 0.1) is 13.2 Å². The Bertz CT molecular complexity index is 179. The fourth-order valence-corrected chi connectivity index (χ4v) is 0.494. The lowest BCUT2D eigenvalue weighted by Crippen LogP contribution is -2.11. The topological polar surface area (TPSA) is 50.1 Å². The van der Waals surface area contributed by atoms with Crippen molar-refractivity contribution in [2.75, 3.05) is 7.11 Å². The number of hydrogen-bond acceptors (Lipinski definition) is 3. The van der Waals surface area contributed by atoms with Crippen LogP contribution in [0.3, 0.4) is 0 Å². The van der Waals surface area contributed by atoms with Gasteiger partial charge in [0.15, 0.2) is 5.92 Å². The molecule has 1 unspecified atom stereocenters. The Balaban J connectivity index is 4.10. The number of rotatable bonds is 2. The molecule has 0 N–H and O–H groups in total. The molecule has 0 radical (unpaired) electrons. The molecule has 0 fully saturated rings. The average Bonchev–Trinajstić information content (AvgIpc) is 1.99. The van der Waals surface area contributed by atoms with Crippen LogP contribution in [0.1, 0.15) is 6.92 Å². The molecule has 0 amide bonds. The minimum Gasteiger partial charge on any atom is -0.468 e. The summed E-state index contributed by atoms with van der Waals surface area (Å²) in [7, 11) is 1.26. The maximum absolute atomic E-state index is 10.6. The molecule has 0 heterocycles. The zero-order valence-corrected chi connectivity index (χ0v) is 6.00. The van der Waals surface area contributed by atoms with Crippen LogP contribution in [0.2, 0.25) is 0 Å². The number of carbonyl (C=O) groups excluding carboxylic acids is 1. The van der Waals surface area contributed by atoms with Crippen molar-refractivity contribution in [1.29, 1.82) is 5.26 Å². The molecule has 0 spiro atoms. The minimum absolute atomic E-state index is 0.513. The first-order valence-electron chi connectivity index (χ1n) is 2.86. The lowest BCUT2D eigenvalue weighted by atomic mass is 10.1. The minimum atomic E-state index is -0.755. The highest BCUT2D eigenvalue weighted by atomic mass is 16.5. The van der Waals surface area contributed by atoms with Crippen LogP contribution < -0.4 is 0 Å². The quantitative estimate of drug-likeness (QED) is 0.421. The second kappa shape index (κ2) is 4.57. The summed E-state index contributed by atoms with van der Waals surface area (Å²) in [6, 6.07) is 1.79. The molecule has 54 valence electrons. The van der Waals surface area contributed by atoms with E-state index >= 15 is 0 Å². The van der Waals surface area contributed by atoms with Gasteiger partial charge in [-0.05, 0) is 6.92 Å². The van der Waals surface area contributed by atoms with Crippen LogP contribution in [0.25, 0.3) is 0 Å². The van der Waals surface area contributed by atoms with Crippen molar-refractivity contribution in [3.8, 4) is 6.07 Å². The smallest absolute Gasteiger partial charge is 0.327 e. The van der Waals surface area contributed by atoms with Gasteiger partial charge in [-0.25, -0.2) is 0 Å². The van der Waals surface area contributed by atoms with Crippen molar-refractivity contribution in [2.24, 2.45) is 5.92 Å². The maximum atomic E-state index is 10.6. The molecule has 1 atom stereocenters. The first-order valence-corrected chi connectivity index (χ1v) is 2.86. The van der Waals surface area contributed by atoms with Crippen molar-refractivity contribution in [3.63, 3.8) is 0 Å². The van der Waals surface area contributed by atoms with E-state index in [0.29, 0.717) is 0 Å². The second-order valence-electron chi connectivity index (χ2n) is 1.66. The third-order valence-corrected chi connectivity index (χ3v) is 0.979. The summed E-state index contributed by atoms with van der Waals surface area (Å²) in [6.45, 7) is 1.74. The van der Waals surface area contributed by atoms with Crippen LogP contribution in [0.5, 0.6) is 0 Å². The molecular weight excluding hydrogens is 130 g/mol. The summed E-state index contributed by atoms with van der Waals surface area (Å²) in [4.78, 5) is 10.6. The van der Waals surface area contributed by atoms with E-state index in [0.717, 1.165) is 0 Å². The van der Waals surface area contributed by atoms with Gasteiger partial charge in [-0.2, -0.15) is 5.26 Å². The molecule has 0 aliphatic rings. The van der Waals surface area contributed by atoms with Crippen LogP contribution in [-0.2, 0) is 9.53 Å². The summed E-state index contributed by atoms with van der Waals surface area (Å²) >= 11 is 0. The molecular formula is C7H9NO2. The van der Waals surface area contributed by atoms with Crippen LogP contribution in [0.4, 0.5) is 0 Å². The zero-order chi connectivity index (χ0) is 7.98. The molecule has 0 aromatic carbocycles. The normalized spacial score (nSPS) is 12.5. The fourth-order valence-electron chi connectivity index (χ4n) is 0.494. The molecule has 0 aromatic rings. The summed E-state index contributed by atoms with van der Waals surface area (Å²) in [5.41, 5.74) is 0. The van der Waals surface area contributed by atoms with E-state index in [2.05, 4.69) is 4.74 Å². The first-order chi connectivity index (χ1) is 4.76. The van der Waals surface area contributed by atoms with Crippen molar-refractivity contribution in [2.45, 2.75) is 6.92 Å². The van der Waals surface area contributed by atoms with Crippen LogP contribution in [-0.4, -0.2) is 13.1 Å². The van der Waals surface area contributed by atoms with Gasteiger partial charge in [0.1, 0.15) is 0 Å². The average molecular weight is 139 g/mol. The Morgan fingerprint density at radius 1 is 1.80 bits per heavy atom. The molecule has 0 rings (SSSR count). The predicted octanol–water partition coefficient (Wildman–Crippen LogP) is 0.875. The predicted molar refractivity (Wildman–Crippen MR) is 35.9 cm³/mol. The van der Waals surface area contributed by atoms with E-state index in [4.69, 9.17) is 5.26 Å². The third-order valence-electron chi connectivity index (χ3n) is 0.979. The summed E-state index contributed by atoms with van der Waals surface area (Å²) < 4.78 is 4.34. The van der Waals surface area contributed by atoms with Gasteiger partial charge >= 0.3 is 5.97 Å². The molecule has 3 nitrogen and oxygen atoms in total. The number of nitrogens with zero attached hydrogens (tertiary/aromatic N) is 1. The fraction of sp³-hybridized carbons (Fsp3) is 0.429. The van der Waals surface area contributed by atoms with Crippen molar-refractivity contribution in [1.82, 2.24) is 0 Å². The van der Waals surface area contributed by atoms with E-state index in [1.807, 2.05) is 0 Å². The van der Waals surface area contributed by atoms with Gasteiger partial charge < -0.3 is 4.74 Å². The van der Waals surface area contributed by atoms with Gasteiger partial charge in [-0.1, -0.05) is 12.2 Å². The number of allylic oxidation sites excluding steroid dienone is 1. The molecule has 3 heteroatoms. The summed E-state index contributed by atoms with van der Waals surface area (Å²) in [6.07, 6.45) is 3.14. The molecule has 0 aliphatic carbocycles. The highest BCUT2D eigenvalue weighted by Gasteiger charge is 2.12. The highest BCUT2D eigenvalue weighted by Crippen LogP contribution is 1.98. The number of hydrogen-bond donors (Lipinski definition) is 0. The Morgan fingerprint density at radius 2 is 2.40 bits per heavy atom. The van der Waals surface area contributed by atoms with Crippen LogP contribution >= 0.6 is 0 Å². The number of nitriles is 1. The molecule has 0 aromatic heterocycles. The first kappa shape index (κ1) is 8.70. The van der Waals surface area contributed by atoms with Gasteiger partial charge in [-0.15, -0.1) is 0 Å². The van der Waals surface area contributed by atoms with Crippen molar-refractivity contribution >= 4 is 5.97 Å². The summed E-state index contributed by atoms with van der Waals surface area (Å²) in [5.74, 6) is -1.27. The maximum Gasteiger partial charge on any atom is 0.327 e. The standard InChI is InChI=1S/C7H9NO2/c1-3-4-6(5-8)7(9)10-2/h3-4,6H,1-2H3. The molecule has 0 bridgehead atoms. The van der Waals surface area contributed by atoms with Gasteiger partial charge in [0.2, 0.25) is 0 Å². The largest absolute Gasteiger partial charge is 0.468 e. The van der Waals surface area contributed by atoms with Crippen molar-refractivity contribution < 1.29 is 9.53 Å². The number of methoxy groups -OCH3 is 1. The van der Waals surface area contributed by atoms with Crippen molar-refractivity contribution in [3.05, 3.63) is 12.2 Å². The zero-order valence-electron chi connectivity index (χ0n) is 6.00. The Morgan fingerprint density at radius 3 is 2.70 bits per heavy atom. The number of esters is 1. The number of ether oxygens (including phenoxy) is 1. The summed E-state index contributed by atoms with van der Waals surface area (Å²) in [5, 5.41) is 8.36. The van der Waals surface area contributed by atoms with Gasteiger partial charge in [-0.3, -0.25) is 4.79 Å². The van der Waals surface area contributed by atoms with E-state index < -0.39 is 11.9 Å². The molecule has 10 heavy (non-hydrogen) atoms. The van der Waals surface area contributed by atoms with E-state index in [9.17, 15) is 4.79 Å². The van der Waals surface area contributed by atoms with E-state index in [-0.39, 0.29) is 0 Å². The Kier molecular flexibility index (Phi) is 3.97. The molecule has 0 aliphatic heterocycles.